The Morgan fingerprint density at radius 3 is 2.50 bits per heavy atom. The molecule has 5 rings (SSSR count). The standard InChI is InChI=1S/C15H19N3O6/c1-7(19)22-6-8-5-9-11-12(24-15(2,3)23-11)10(8)18-14(21)16(4)13(20)17(9)18/h5,9-12H,6H2,1-4H3. The van der Waals surface area contributed by atoms with Gasteiger partial charge in [-0.05, 0) is 19.4 Å². The van der Waals surface area contributed by atoms with Crippen molar-refractivity contribution in [3.8, 4) is 0 Å². The van der Waals surface area contributed by atoms with Gasteiger partial charge in [0.15, 0.2) is 5.79 Å². The summed E-state index contributed by atoms with van der Waals surface area (Å²) in [6.07, 6.45) is 1.06. The van der Waals surface area contributed by atoms with Crippen LogP contribution < -0.4 is 11.4 Å². The number of hydrogen-bond donors (Lipinski definition) is 0. The zero-order valence-electron chi connectivity index (χ0n) is 13.9. The SMILES string of the molecule is CC(=O)OCC1=CC2C3OC(C)(C)OC3C1n1c(=O)n(C)c(=O)n12. The highest BCUT2D eigenvalue weighted by molar-refractivity contribution is 5.66. The van der Waals surface area contributed by atoms with Crippen molar-refractivity contribution >= 4 is 5.97 Å². The molecule has 0 aromatic carbocycles. The van der Waals surface area contributed by atoms with E-state index in [4.69, 9.17) is 14.2 Å². The Hall–Kier alpha value is -2.13. The zero-order valence-corrected chi connectivity index (χ0v) is 13.9. The second-order valence-corrected chi connectivity index (χ2v) is 6.84. The van der Waals surface area contributed by atoms with Crippen LogP contribution >= 0.6 is 0 Å². The van der Waals surface area contributed by atoms with Gasteiger partial charge in [-0.15, -0.1) is 0 Å². The van der Waals surface area contributed by atoms with E-state index in [0.717, 1.165) is 10.1 Å². The van der Waals surface area contributed by atoms with Gasteiger partial charge in [-0.2, -0.15) is 0 Å². The van der Waals surface area contributed by atoms with Crippen LogP contribution in [0.5, 0.6) is 0 Å². The molecule has 1 aliphatic carbocycles. The molecule has 0 amide bonds. The minimum Gasteiger partial charge on any atom is -0.461 e. The Labute approximate surface area is 137 Å². The van der Waals surface area contributed by atoms with Gasteiger partial charge in [0.2, 0.25) is 0 Å². The lowest BCUT2D eigenvalue weighted by Crippen LogP contribution is -2.55. The van der Waals surface area contributed by atoms with Crippen molar-refractivity contribution in [3.63, 3.8) is 0 Å². The van der Waals surface area contributed by atoms with E-state index in [1.807, 2.05) is 6.08 Å². The van der Waals surface area contributed by atoms with Gasteiger partial charge in [-0.25, -0.2) is 23.5 Å². The first-order chi connectivity index (χ1) is 11.2. The summed E-state index contributed by atoms with van der Waals surface area (Å²) in [4.78, 5) is 36.1. The van der Waals surface area contributed by atoms with Crippen molar-refractivity contribution in [3.05, 3.63) is 32.6 Å². The summed E-state index contributed by atoms with van der Waals surface area (Å²) in [7, 11) is 1.44. The summed E-state index contributed by atoms with van der Waals surface area (Å²) in [5.74, 6) is -1.22. The third-order valence-corrected chi connectivity index (χ3v) is 4.76. The molecule has 1 aromatic heterocycles. The molecular formula is C15H19N3O6. The summed E-state index contributed by atoms with van der Waals surface area (Å²) in [5.41, 5.74) is -0.0785. The largest absolute Gasteiger partial charge is 0.461 e. The monoisotopic (exact) mass is 337 g/mol. The van der Waals surface area contributed by atoms with Crippen molar-refractivity contribution in [1.82, 2.24) is 13.9 Å². The smallest absolute Gasteiger partial charge is 0.347 e. The molecule has 1 fully saturated rings. The molecule has 0 spiro atoms. The lowest BCUT2D eigenvalue weighted by Gasteiger charge is -2.43. The van der Waals surface area contributed by atoms with Gasteiger partial charge in [0.25, 0.3) is 0 Å². The predicted octanol–water partition coefficient (Wildman–Crippen LogP) is -0.532. The maximum absolute atomic E-state index is 12.5. The van der Waals surface area contributed by atoms with Crippen LogP contribution in [0.25, 0.3) is 0 Å². The van der Waals surface area contributed by atoms with Gasteiger partial charge >= 0.3 is 17.3 Å². The number of ether oxygens (including phenoxy) is 3. The lowest BCUT2D eigenvalue weighted by atomic mass is 9.84. The number of carbonyl (C=O) groups excluding carboxylic acids is 1. The predicted molar refractivity (Wildman–Crippen MR) is 80.5 cm³/mol. The maximum atomic E-state index is 12.5. The minimum absolute atomic E-state index is 0.0546. The van der Waals surface area contributed by atoms with Crippen LogP contribution in [0.15, 0.2) is 21.2 Å². The van der Waals surface area contributed by atoms with Gasteiger partial charge in [-0.3, -0.25) is 4.79 Å². The van der Waals surface area contributed by atoms with Crippen molar-refractivity contribution in [2.75, 3.05) is 6.61 Å². The van der Waals surface area contributed by atoms with Crippen molar-refractivity contribution in [2.24, 2.45) is 7.05 Å². The number of carbonyl (C=O) groups is 1. The Morgan fingerprint density at radius 1 is 1.21 bits per heavy atom. The maximum Gasteiger partial charge on any atom is 0.347 e. The summed E-state index contributed by atoms with van der Waals surface area (Å²) >= 11 is 0. The van der Waals surface area contributed by atoms with Crippen molar-refractivity contribution in [2.45, 2.75) is 50.8 Å². The van der Waals surface area contributed by atoms with Gasteiger partial charge < -0.3 is 14.2 Å². The van der Waals surface area contributed by atoms with E-state index in [0.29, 0.717) is 0 Å². The highest BCUT2D eigenvalue weighted by Crippen LogP contribution is 2.48. The molecule has 4 atom stereocenters. The molecular weight excluding hydrogens is 318 g/mol. The Kier molecular flexibility index (Phi) is 3.02. The fraction of sp³-hybridized carbons (Fsp3) is 0.667. The summed E-state index contributed by atoms with van der Waals surface area (Å²) in [6, 6.07) is -1.02. The first-order valence-corrected chi connectivity index (χ1v) is 7.81. The second kappa shape index (κ2) is 4.70. The number of hydrogen-bond acceptors (Lipinski definition) is 6. The quantitative estimate of drug-likeness (QED) is 0.532. The first-order valence-electron chi connectivity index (χ1n) is 7.81. The van der Waals surface area contributed by atoms with Crippen LogP contribution in [0.4, 0.5) is 0 Å². The molecule has 24 heavy (non-hydrogen) atoms. The van der Waals surface area contributed by atoms with E-state index in [1.165, 1.54) is 23.3 Å². The second-order valence-electron chi connectivity index (χ2n) is 6.84. The normalized spacial score (nSPS) is 32.2. The molecule has 1 aromatic rings. The molecule has 130 valence electrons. The molecule has 9 nitrogen and oxygen atoms in total. The summed E-state index contributed by atoms with van der Waals surface area (Å²) in [6.45, 7) is 4.98. The molecule has 4 heterocycles. The minimum atomic E-state index is -0.810. The lowest BCUT2D eigenvalue weighted by molar-refractivity contribution is -0.148. The highest BCUT2D eigenvalue weighted by atomic mass is 16.8. The Morgan fingerprint density at radius 2 is 1.83 bits per heavy atom. The van der Waals surface area contributed by atoms with Crippen molar-refractivity contribution < 1.29 is 19.0 Å². The van der Waals surface area contributed by atoms with Crippen LogP contribution in [0.2, 0.25) is 0 Å². The average Bonchev–Trinajstić information content (AvgIpc) is 2.95. The molecule has 0 radical (unpaired) electrons. The van der Waals surface area contributed by atoms with Crippen molar-refractivity contribution in [1.29, 1.82) is 0 Å². The summed E-state index contributed by atoms with van der Waals surface area (Å²) in [5, 5.41) is 0. The van der Waals surface area contributed by atoms with Gasteiger partial charge in [-0.1, -0.05) is 6.08 Å². The van der Waals surface area contributed by atoms with E-state index in [9.17, 15) is 14.4 Å². The van der Waals surface area contributed by atoms with E-state index in [1.54, 1.807) is 13.8 Å². The Bertz CT molecular complexity index is 873. The van der Waals surface area contributed by atoms with Gasteiger partial charge in [0.05, 0.1) is 0 Å². The zero-order chi connectivity index (χ0) is 17.4. The topological polar surface area (TPSA) is 93.7 Å². The van der Waals surface area contributed by atoms with Crippen LogP contribution in [-0.4, -0.2) is 44.5 Å². The molecule has 9 heteroatoms. The van der Waals surface area contributed by atoms with Gasteiger partial charge in [0, 0.05) is 14.0 Å². The number of esters is 1. The van der Waals surface area contributed by atoms with E-state index >= 15 is 0 Å². The Balaban J connectivity index is 1.86. The molecule has 2 bridgehead atoms. The molecule has 1 saturated heterocycles. The number of nitrogens with zero attached hydrogens (tertiary/aromatic N) is 3. The molecule has 0 saturated carbocycles. The van der Waals surface area contributed by atoms with Crippen LogP contribution in [0.1, 0.15) is 32.9 Å². The first kappa shape index (κ1) is 15.4. The molecule has 4 unspecified atom stereocenters. The average molecular weight is 337 g/mol. The molecule has 0 N–H and O–H groups in total. The van der Waals surface area contributed by atoms with Crippen LogP contribution in [0.3, 0.4) is 0 Å². The number of aromatic nitrogens is 3. The van der Waals surface area contributed by atoms with E-state index < -0.39 is 41.3 Å². The highest BCUT2D eigenvalue weighted by Gasteiger charge is 2.57. The van der Waals surface area contributed by atoms with Gasteiger partial charge in [0.1, 0.15) is 30.9 Å². The number of rotatable bonds is 2. The third-order valence-electron chi connectivity index (χ3n) is 4.76. The molecule has 3 aliphatic heterocycles. The summed E-state index contributed by atoms with van der Waals surface area (Å²) < 4.78 is 21.0. The fourth-order valence-corrected chi connectivity index (χ4v) is 3.87. The van der Waals surface area contributed by atoms with Crippen LogP contribution in [-0.2, 0) is 26.1 Å². The fourth-order valence-electron chi connectivity index (χ4n) is 3.87. The van der Waals surface area contributed by atoms with E-state index in [-0.39, 0.29) is 12.7 Å². The molecule has 4 aliphatic rings. The van der Waals surface area contributed by atoms with Crippen LogP contribution in [0, 0.1) is 0 Å². The third kappa shape index (κ3) is 1.91. The van der Waals surface area contributed by atoms with E-state index in [2.05, 4.69) is 0 Å².